The van der Waals surface area contributed by atoms with Crippen molar-refractivity contribution in [2.24, 2.45) is 11.1 Å². The standard InChI is InChI=1S/C13H22N4O/c1-13(2)7-9(13)12-15-11(16-18-12)10(14)8-17-5-3-4-6-17/h9-10H,3-8,14H2,1-2H3. The Morgan fingerprint density at radius 3 is 2.72 bits per heavy atom. The summed E-state index contributed by atoms with van der Waals surface area (Å²) in [4.78, 5) is 6.86. The lowest BCUT2D eigenvalue weighted by molar-refractivity contribution is 0.304. The van der Waals surface area contributed by atoms with E-state index in [4.69, 9.17) is 10.3 Å². The molecule has 5 nitrogen and oxygen atoms in total. The quantitative estimate of drug-likeness (QED) is 0.880. The largest absolute Gasteiger partial charge is 0.339 e. The van der Waals surface area contributed by atoms with Crippen LogP contribution >= 0.6 is 0 Å². The second kappa shape index (κ2) is 4.31. The van der Waals surface area contributed by atoms with E-state index in [1.807, 2.05) is 0 Å². The summed E-state index contributed by atoms with van der Waals surface area (Å²) < 4.78 is 5.35. The van der Waals surface area contributed by atoms with E-state index >= 15 is 0 Å². The molecule has 2 atom stereocenters. The van der Waals surface area contributed by atoms with E-state index in [-0.39, 0.29) is 6.04 Å². The van der Waals surface area contributed by atoms with Crippen LogP contribution in [0.3, 0.4) is 0 Å². The molecule has 0 bridgehead atoms. The topological polar surface area (TPSA) is 68.2 Å². The summed E-state index contributed by atoms with van der Waals surface area (Å²) in [5.74, 6) is 1.87. The zero-order valence-electron chi connectivity index (χ0n) is 11.2. The summed E-state index contributed by atoms with van der Waals surface area (Å²) >= 11 is 0. The Morgan fingerprint density at radius 1 is 1.44 bits per heavy atom. The minimum Gasteiger partial charge on any atom is -0.339 e. The predicted octanol–water partition coefficient (Wildman–Crippen LogP) is 1.68. The molecule has 100 valence electrons. The first-order chi connectivity index (χ1) is 8.56. The molecule has 2 heterocycles. The van der Waals surface area contributed by atoms with E-state index in [2.05, 4.69) is 28.9 Å². The first kappa shape index (κ1) is 12.1. The van der Waals surface area contributed by atoms with Gasteiger partial charge < -0.3 is 15.2 Å². The van der Waals surface area contributed by atoms with Crippen LogP contribution in [0.5, 0.6) is 0 Å². The van der Waals surface area contributed by atoms with Crippen molar-refractivity contribution in [1.82, 2.24) is 15.0 Å². The minimum absolute atomic E-state index is 0.123. The molecule has 0 spiro atoms. The first-order valence-electron chi connectivity index (χ1n) is 6.88. The number of rotatable bonds is 4. The van der Waals surface area contributed by atoms with Crippen molar-refractivity contribution in [1.29, 1.82) is 0 Å². The number of hydrogen-bond donors (Lipinski definition) is 1. The van der Waals surface area contributed by atoms with E-state index in [1.165, 1.54) is 12.8 Å². The smallest absolute Gasteiger partial charge is 0.230 e. The predicted molar refractivity (Wildman–Crippen MR) is 68.0 cm³/mol. The van der Waals surface area contributed by atoms with Crippen LogP contribution in [0.4, 0.5) is 0 Å². The molecule has 2 fully saturated rings. The van der Waals surface area contributed by atoms with Gasteiger partial charge in [0.1, 0.15) is 0 Å². The van der Waals surface area contributed by atoms with Gasteiger partial charge in [0, 0.05) is 12.5 Å². The molecule has 18 heavy (non-hydrogen) atoms. The van der Waals surface area contributed by atoms with Crippen molar-refractivity contribution in [2.45, 2.75) is 45.1 Å². The summed E-state index contributed by atoms with van der Waals surface area (Å²) in [6.45, 7) is 7.59. The Bertz CT molecular complexity index is 422. The molecule has 2 N–H and O–H groups in total. The minimum atomic E-state index is -0.123. The second-order valence-electron chi connectivity index (χ2n) is 6.35. The van der Waals surface area contributed by atoms with E-state index in [0.717, 1.165) is 31.9 Å². The van der Waals surface area contributed by atoms with Crippen LogP contribution < -0.4 is 5.73 Å². The van der Waals surface area contributed by atoms with Crippen LogP contribution in [0.2, 0.25) is 0 Å². The second-order valence-corrected chi connectivity index (χ2v) is 6.35. The van der Waals surface area contributed by atoms with E-state index in [9.17, 15) is 0 Å². The Balaban J connectivity index is 1.62. The Hall–Kier alpha value is -0.940. The lowest BCUT2D eigenvalue weighted by Crippen LogP contribution is -2.30. The maximum absolute atomic E-state index is 6.15. The van der Waals surface area contributed by atoms with Gasteiger partial charge in [-0.2, -0.15) is 4.98 Å². The highest BCUT2D eigenvalue weighted by Crippen LogP contribution is 2.58. The SMILES string of the molecule is CC1(C)CC1c1nc(C(N)CN2CCCC2)no1. The molecule has 0 radical (unpaired) electrons. The Labute approximate surface area is 108 Å². The molecule has 1 saturated carbocycles. The highest BCUT2D eigenvalue weighted by atomic mass is 16.5. The van der Waals surface area contributed by atoms with Gasteiger partial charge in [0.15, 0.2) is 5.82 Å². The average molecular weight is 250 g/mol. The molecule has 1 aromatic heterocycles. The summed E-state index contributed by atoms with van der Waals surface area (Å²) in [7, 11) is 0. The summed E-state index contributed by atoms with van der Waals surface area (Å²) in [6.07, 6.45) is 3.69. The van der Waals surface area contributed by atoms with Crippen LogP contribution in [0, 0.1) is 5.41 Å². The molecule has 2 unspecified atom stereocenters. The van der Waals surface area contributed by atoms with E-state index < -0.39 is 0 Å². The highest BCUT2D eigenvalue weighted by molar-refractivity contribution is 5.13. The molecular formula is C13H22N4O. The fourth-order valence-corrected chi connectivity index (χ4v) is 2.75. The first-order valence-corrected chi connectivity index (χ1v) is 6.88. The summed E-state index contributed by atoms with van der Waals surface area (Å²) in [5, 5.41) is 4.05. The van der Waals surface area contributed by atoms with Gasteiger partial charge in [-0.25, -0.2) is 0 Å². The normalized spacial score (nSPS) is 28.5. The van der Waals surface area contributed by atoms with Crippen molar-refractivity contribution in [2.75, 3.05) is 19.6 Å². The van der Waals surface area contributed by atoms with E-state index in [0.29, 0.717) is 17.2 Å². The van der Waals surface area contributed by atoms with Crippen molar-refractivity contribution >= 4 is 0 Å². The molecular weight excluding hydrogens is 228 g/mol. The number of nitrogens with zero attached hydrogens (tertiary/aromatic N) is 3. The summed E-state index contributed by atoms with van der Waals surface area (Å²) in [6, 6.07) is -0.123. The van der Waals surface area contributed by atoms with Gasteiger partial charge in [-0.05, 0) is 37.8 Å². The van der Waals surface area contributed by atoms with Gasteiger partial charge in [-0.3, -0.25) is 0 Å². The highest BCUT2D eigenvalue weighted by Gasteiger charge is 2.50. The lowest BCUT2D eigenvalue weighted by Gasteiger charge is -2.17. The maximum atomic E-state index is 6.15. The summed E-state index contributed by atoms with van der Waals surface area (Å²) in [5.41, 5.74) is 6.47. The average Bonchev–Trinajstić information content (AvgIpc) is 2.82. The van der Waals surface area contributed by atoms with Crippen LogP contribution in [-0.4, -0.2) is 34.7 Å². The van der Waals surface area contributed by atoms with Crippen LogP contribution in [0.1, 0.15) is 56.8 Å². The number of hydrogen-bond acceptors (Lipinski definition) is 5. The van der Waals surface area contributed by atoms with Crippen molar-refractivity contribution in [3.63, 3.8) is 0 Å². The third-order valence-corrected chi connectivity index (χ3v) is 4.25. The van der Waals surface area contributed by atoms with Gasteiger partial charge in [-0.1, -0.05) is 19.0 Å². The van der Waals surface area contributed by atoms with Gasteiger partial charge in [-0.15, -0.1) is 0 Å². The number of nitrogens with two attached hydrogens (primary N) is 1. The molecule has 0 aromatic carbocycles. The Morgan fingerprint density at radius 2 is 2.11 bits per heavy atom. The number of aromatic nitrogens is 2. The van der Waals surface area contributed by atoms with Gasteiger partial charge in [0.2, 0.25) is 5.89 Å². The van der Waals surface area contributed by atoms with E-state index in [1.54, 1.807) is 0 Å². The molecule has 1 aliphatic carbocycles. The molecule has 3 rings (SSSR count). The maximum Gasteiger partial charge on any atom is 0.230 e. The van der Waals surface area contributed by atoms with Crippen LogP contribution in [0.15, 0.2) is 4.52 Å². The van der Waals surface area contributed by atoms with Gasteiger partial charge in [0.05, 0.1) is 6.04 Å². The Kier molecular flexibility index (Phi) is 2.90. The number of likely N-dealkylation sites (tertiary alicyclic amines) is 1. The lowest BCUT2D eigenvalue weighted by atomic mass is 10.1. The molecule has 1 aliphatic heterocycles. The van der Waals surface area contributed by atoms with Crippen molar-refractivity contribution in [3.8, 4) is 0 Å². The van der Waals surface area contributed by atoms with Gasteiger partial charge >= 0.3 is 0 Å². The van der Waals surface area contributed by atoms with Crippen LogP contribution in [-0.2, 0) is 0 Å². The third kappa shape index (κ3) is 2.29. The fourth-order valence-electron chi connectivity index (χ4n) is 2.75. The fraction of sp³-hybridized carbons (Fsp3) is 0.846. The zero-order chi connectivity index (χ0) is 12.8. The van der Waals surface area contributed by atoms with Crippen molar-refractivity contribution in [3.05, 3.63) is 11.7 Å². The molecule has 0 amide bonds. The monoisotopic (exact) mass is 250 g/mol. The van der Waals surface area contributed by atoms with Crippen LogP contribution in [0.25, 0.3) is 0 Å². The molecule has 1 saturated heterocycles. The third-order valence-electron chi connectivity index (χ3n) is 4.25. The molecule has 1 aromatic rings. The molecule has 5 heteroatoms. The molecule has 2 aliphatic rings. The van der Waals surface area contributed by atoms with Crippen molar-refractivity contribution < 1.29 is 4.52 Å². The van der Waals surface area contributed by atoms with Gasteiger partial charge in [0.25, 0.3) is 0 Å². The zero-order valence-corrected chi connectivity index (χ0v) is 11.2.